The molecule has 2 heterocycles. The van der Waals surface area contributed by atoms with E-state index in [2.05, 4.69) is 16.0 Å². The zero-order valence-electron chi connectivity index (χ0n) is 17.8. The summed E-state index contributed by atoms with van der Waals surface area (Å²) in [7, 11) is 0. The molecule has 0 radical (unpaired) electrons. The molecule has 168 valence electrons. The first-order valence-corrected chi connectivity index (χ1v) is 10.5. The maximum atomic E-state index is 13.2. The maximum absolute atomic E-state index is 13.2. The van der Waals surface area contributed by atoms with E-state index < -0.39 is 18.0 Å². The van der Waals surface area contributed by atoms with Gasteiger partial charge in [0, 0.05) is 29.9 Å². The molecule has 8 nitrogen and oxygen atoms in total. The van der Waals surface area contributed by atoms with Crippen LogP contribution in [0.1, 0.15) is 33.1 Å². The minimum absolute atomic E-state index is 0.229. The zero-order chi connectivity index (χ0) is 23.2. The van der Waals surface area contributed by atoms with Crippen molar-refractivity contribution in [3.63, 3.8) is 0 Å². The van der Waals surface area contributed by atoms with E-state index in [1.807, 2.05) is 30.3 Å². The van der Waals surface area contributed by atoms with Crippen molar-refractivity contribution in [1.29, 1.82) is 0 Å². The highest BCUT2D eigenvalue weighted by atomic mass is 16.5. The first kappa shape index (κ1) is 21.9. The molecular formula is C25H24N4O4. The van der Waals surface area contributed by atoms with Crippen LogP contribution in [0.15, 0.2) is 72.8 Å². The lowest BCUT2D eigenvalue weighted by Gasteiger charge is -2.21. The van der Waals surface area contributed by atoms with Crippen LogP contribution in [-0.2, 0) is 22.5 Å². The predicted octanol–water partition coefficient (Wildman–Crippen LogP) is 3.36. The number of benzene rings is 3. The molecule has 33 heavy (non-hydrogen) atoms. The molecule has 5 N–H and O–H groups in total. The highest BCUT2D eigenvalue weighted by molar-refractivity contribution is 5.94. The van der Waals surface area contributed by atoms with Crippen LogP contribution >= 0.6 is 0 Å². The second kappa shape index (κ2) is 9.86. The van der Waals surface area contributed by atoms with Crippen LogP contribution in [0.5, 0.6) is 0 Å². The van der Waals surface area contributed by atoms with Crippen LogP contribution in [0.3, 0.4) is 0 Å². The van der Waals surface area contributed by atoms with Gasteiger partial charge in [-0.05, 0) is 47.0 Å². The van der Waals surface area contributed by atoms with Gasteiger partial charge in [-0.3, -0.25) is 14.9 Å². The number of hydrogen-bond acceptors (Lipinski definition) is 5. The maximum Gasteiger partial charge on any atom is 0.411 e. The Balaban J connectivity index is 1.64. The van der Waals surface area contributed by atoms with Crippen LogP contribution in [0.4, 0.5) is 16.2 Å². The van der Waals surface area contributed by atoms with E-state index in [1.165, 1.54) is 0 Å². The summed E-state index contributed by atoms with van der Waals surface area (Å²) in [6.07, 6.45) is 0.0148. The molecule has 3 aromatic rings. The van der Waals surface area contributed by atoms with E-state index in [-0.39, 0.29) is 19.1 Å². The Hall–Kier alpha value is -4.33. The van der Waals surface area contributed by atoms with Gasteiger partial charge in [-0.15, -0.1) is 0 Å². The molecule has 3 amide bonds. The van der Waals surface area contributed by atoms with Crippen LogP contribution in [0.2, 0.25) is 0 Å². The second-order valence-electron chi connectivity index (χ2n) is 7.69. The van der Waals surface area contributed by atoms with Crippen LogP contribution in [0.25, 0.3) is 0 Å². The lowest BCUT2D eigenvalue weighted by atomic mass is 10.0. The quantitative estimate of drug-likeness (QED) is 0.493. The molecule has 0 spiro atoms. The van der Waals surface area contributed by atoms with E-state index >= 15 is 0 Å². The largest absolute Gasteiger partial charge is 0.449 e. The van der Waals surface area contributed by atoms with E-state index in [1.54, 1.807) is 42.5 Å². The van der Waals surface area contributed by atoms with Crippen molar-refractivity contribution in [3.05, 3.63) is 95.1 Å². The van der Waals surface area contributed by atoms with Crippen molar-refractivity contribution in [2.45, 2.75) is 19.0 Å². The minimum atomic E-state index is -0.700. The number of rotatable bonds is 3. The average Bonchev–Trinajstić information content (AvgIpc) is 2.81. The van der Waals surface area contributed by atoms with Crippen molar-refractivity contribution >= 4 is 29.3 Å². The van der Waals surface area contributed by atoms with Gasteiger partial charge in [-0.25, -0.2) is 4.79 Å². The summed E-state index contributed by atoms with van der Waals surface area (Å²) in [6.45, 7) is 0.494. The van der Waals surface area contributed by atoms with Crippen LogP contribution in [0, 0.1) is 0 Å². The summed E-state index contributed by atoms with van der Waals surface area (Å²) < 4.78 is 5.27. The molecule has 0 saturated heterocycles. The average molecular weight is 444 g/mol. The Morgan fingerprint density at radius 3 is 2.55 bits per heavy atom. The van der Waals surface area contributed by atoms with Gasteiger partial charge in [0.15, 0.2) is 0 Å². The number of ether oxygens (including phenoxy) is 1. The number of carbonyl (C=O) groups is 3. The number of hydrogen-bond donors (Lipinski definition) is 4. The smallest absolute Gasteiger partial charge is 0.411 e. The van der Waals surface area contributed by atoms with Crippen molar-refractivity contribution in [2.75, 3.05) is 17.2 Å². The third kappa shape index (κ3) is 5.68. The van der Waals surface area contributed by atoms with Gasteiger partial charge in [0.25, 0.3) is 0 Å². The Morgan fingerprint density at radius 1 is 0.970 bits per heavy atom. The summed E-state index contributed by atoms with van der Waals surface area (Å²) in [6, 6.07) is 20.7. The molecule has 0 aliphatic carbocycles. The molecule has 4 bridgehead atoms. The van der Waals surface area contributed by atoms with Gasteiger partial charge in [-0.1, -0.05) is 42.5 Å². The molecule has 0 aromatic heterocycles. The normalized spacial score (nSPS) is 16.3. The summed E-state index contributed by atoms with van der Waals surface area (Å²) in [5.74, 6) is -0.781. The topological polar surface area (TPSA) is 123 Å². The lowest BCUT2D eigenvalue weighted by Crippen LogP contribution is -2.33. The number of primary amides is 1. The van der Waals surface area contributed by atoms with E-state index in [9.17, 15) is 14.4 Å². The lowest BCUT2D eigenvalue weighted by molar-refractivity contribution is -0.122. The third-order valence-electron chi connectivity index (χ3n) is 5.30. The zero-order valence-corrected chi connectivity index (χ0v) is 17.8. The van der Waals surface area contributed by atoms with E-state index in [4.69, 9.17) is 10.5 Å². The van der Waals surface area contributed by atoms with Gasteiger partial charge in [0.1, 0.15) is 6.04 Å². The first-order valence-electron chi connectivity index (χ1n) is 10.5. The Kier molecular flexibility index (Phi) is 6.54. The van der Waals surface area contributed by atoms with Crippen molar-refractivity contribution < 1.29 is 19.1 Å². The number of amides is 3. The molecule has 5 rings (SSSR count). The third-order valence-corrected chi connectivity index (χ3v) is 5.30. The number of carbonyl (C=O) groups excluding carboxylic acids is 3. The van der Waals surface area contributed by atoms with Crippen molar-refractivity contribution in [3.8, 4) is 0 Å². The first-order chi connectivity index (χ1) is 16.0. The van der Waals surface area contributed by atoms with E-state index in [0.29, 0.717) is 23.4 Å². The fourth-order valence-corrected chi connectivity index (χ4v) is 3.57. The Bertz CT molecular complexity index is 1180. The number of anilines is 2. The number of nitrogens with one attached hydrogen (secondary N) is 3. The summed E-state index contributed by atoms with van der Waals surface area (Å²) in [5, 5.41) is 8.86. The highest BCUT2D eigenvalue weighted by Gasteiger charge is 2.21. The van der Waals surface area contributed by atoms with Gasteiger partial charge >= 0.3 is 6.09 Å². The Labute approximate surface area is 191 Å². The van der Waals surface area contributed by atoms with Gasteiger partial charge in [0.05, 0.1) is 6.61 Å². The van der Waals surface area contributed by atoms with Crippen molar-refractivity contribution in [1.82, 2.24) is 5.32 Å². The SMILES string of the molecule is NC(=O)c1cccc(NC2C(=O)NCc3cccc(c3)NC(=O)OCCc3ccc2cc3)c1. The highest BCUT2D eigenvalue weighted by Crippen LogP contribution is 2.22. The van der Waals surface area contributed by atoms with Crippen molar-refractivity contribution in [2.24, 2.45) is 5.73 Å². The standard InChI is InChI=1S/C25H24N4O4/c26-23(30)19-4-2-6-21(14-19)28-22-18-9-7-16(8-10-18)11-12-33-25(32)29-20-5-1-3-17(13-20)15-27-24(22)31/h1-10,13-14,22,28H,11-12,15H2,(H2,26,30)(H,27,31)(H,29,32). The molecule has 2 aliphatic rings. The monoisotopic (exact) mass is 444 g/mol. The molecule has 0 saturated carbocycles. The second-order valence-corrected chi connectivity index (χ2v) is 7.69. The van der Waals surface area contributed by atoms with Gasteiger partial charge in [0.2, 0.25) is 11.8 Å². The summed E-state index contributed by atoms with van der Waals surface area (Å²) >= 11 is 0. The molecular weight excluding hydrogens is 420 g/mol. The molecule has 8 heteroatoms. The molecule has 1 unspecified atom stereocenters. The Morgan fingerprint density at radius 2 is 1.76 bits per heavy atom. The predicted molar refractivity (Wildman–Crippen MR) is 125 cm³/mol. The minimum Gasteiger partial charge on any atom is -0.449 e. The molecule has 3 aromatic carbocycles. The molecule has 1 atom stereocenters. The van der Waals surface area contributed by atoms with E-state index in [0.717, 1.165) is 16.7 Å². The molecule has 0 fully saturated rings. The molecule has 2 aliphatic heterocycles. The number of nitrogens with two attached hydrogens (primary N) is 1. The van der Waals surface area contributed by atoms with Crippen LogP contribution < -0.4 is 21.7 Å². The fourth-order valence-electron chi connectivity index (χ4n) is 3.57. The number of fused-ring (bicyclic) bond motifs is 9. The fraction of sp³-hybridized carbons (Fsp3) is 0.160. The van der Waals surface area contributed by atoms with Gasteiger partial charge in [-0.2, -0.15) is 0 Å². The van der Waals surface area contributed by atoms with Crippen LogP contribution in [-0.4, -0.2) is 24.5 Å². The summed E-state index contributed by atoms with van der Waals surface area (Å²) in [4.78, 5) is 36.8. The summed E-state index contributed by atoms with van der Waals surface area (Å²) in [5.41, 5.74) is 9.47. The van der Waals surface area contributed by atoms with Gasteiger partial charge < -0.3 is 21.1 Å².